The average molecular weight is 337 g/mol. The van der Waals surface area contributed by atoms with E-state index in [-0.39, 0.29) is 12.2 Å². The van der Waals surface area contributed by atoms with Gasteiger partial charge in [-0.3, -0.25) is 0 Å². The largest absolute Gasteiger partial charge is 0.418 e. The van der Waals surface area contributed by atoms with Gasteiger partial charge in [-0.05, 0) is 18.2 Å². The van der Waals surface area contributed by atoms with Crippen molar-refractivity contribution >= 4 is 33.0 Å². The maximum atomic E-state index is 12.8. The minimum absolute atomic E-state index is 0.0564. The summed E-state index contributed by atoms with van der Waals surface area (Å²) in [6, 6.07) is 4.03. The van der Waals surface area contributed by atoms with Crippen molar-refractivity contribution in [2.24, 2.45) is 0 Å². The van der Waals surface area contributed by atoms with Gasteiger partial charge < -0.3 is 5.32 Å². The van der Waals surface area contributed by atoms with E-state index in [1.165, 1.54) is 17.4 Å². The standard InChI is InChI=1S/C11H8BrF3N2S/c12-7-1-2-9(8(5-7)11(13,14)15)17-6-10-16-3-4-18-10/h1-5,17H,6H2. The van der Waals surface area contributed by atoms with Crippen molar-refractivity contribution in [3.8, 4) is 0 Å². The van der Waals surface area contributed by atoms with Crippen molar-refractivity contribution < 1.29 is 13.2 Å². The number of nitrogens with zero attached hydrogens (tertiary/aromatic N) is 1. The molecule has 0 aliphatic carbocycles. The Hall–Kier alpha value is -1.08. The first-order chi connectivity index (χ1) is 8.47. The Morgan fingerprint density at radius 2 is 2.11 bits per heavy atom. The van der Waals surface area contributed by atoms with Gasteiger partial charge in [-0.15, -0.1) is 11.3 Å². The van der Waals surface area contributed by atoms with Crippen LogP contribution in [0.2, 0.25) is 0 Å². The highest BCUT2D eigenvalue weighted by molar-refractivity contribution is 9.10. The van der Waals surface area contributed by atoms with Gasteiger partial charge in [-0.1, -0.05) is 15.9 Å². The van der Waals surface area contributed by atoms with Crippen molar-refractivity contribution in [1.29, 1.82) is 0 Å². The second-order valence-electron chi connectivity index (χ2n) is 3.47. The number of halogens is 4. The number of nitrogens with one attached hydrogen (secondary N) is 1. The van der Waals surface area contributed by atoms with Crippen LogP contribution in [-0.4, -0.2) is 4.98 Å². The molecule has 0 aliphatic rings. The molecule has 1 aromatic heterocycles. The van der Waals surface area contributed by atoms with Gasteiger partial charge in [-0.2, -0.15) is 13.2 Å². The molecule has 1 aromatic carbocycles. The van der Waals surface area contributed by atoms with Crippen LogP contribution in [0.3, 0.4) is 0 Å². The molecule has 0 saturated carbocycles. The minimum atomic E-state index is -4.38. The first kappa shape index (κ1) is 13.4. The molecule has 7 heteroatoms. The molecular weight excluding hydrogens is 329 g/mol. The highest BCUT2D eigenvalue weighted by atomic mass is 79.9. The molecule has 1 N–H and O–H groups in total. The lowest BCUT2D eigenvalue weighted by Gasteiger charge is -2.14. The molecule has 2 rings (SSSR count). The number of thiazole rings is 1. The molecule has 0 aliphatic heterocycles. The molecular formula is C11H8BrF3N2S. The number of benzene rings is 1. The highest BCUT2D eigenvalue weighted by Gasteiger charge is 2.33. The Labute approximate surface area is 114 Å². The van der Waals surface area contributed by atoms with Crippen LogP contribution in [0.1, 0.15) is 10.6 Å². The zero-order chi connectivity index (χ0) is 13.2. The van der Waals surface area contributed by atoms with Gasteiger partial charge in [0.25, 0.3) is 0 Å². The first-order valence-corrected chi connectivity index (χ1v) is 6.63. The Kier molecular flexibility index (Phi) is 3.91. The van der Waals surface area contributed by atoms with E-state index in [1.807, 2.05) is 0 Å². The smallest absolute Gasteiger partial charge is 0.378 e. The van der Waals surface area contributed by atoms with Crippen LogP contribution >= 0.6 is 27.3 Å². The number of aromatic nitrogens is 1. The van der Waals surface area contributed by atoms with E-state index >= 15 is 0 Å². The van der Waals surface area contributed by atoms with E-state index in [1.54, 1.807) is 17.6 Å². The van der Waals surface area contributed by atoms with E-state index in [0.717, 1.165) is 11.1 Å². The number of hydrogen-bond donors (Lipinski definition) is 1. The Morgan fingerprint density at radius 3 is 2.72 bits per heavy atom. The average Bonchev–Trinajstić information content (AvgIpc) is 2.79. The third kappa shape index (κ3) is 3.23. The lowest BCUT2D eigenvalue weighted by atomic mass is 10.1. The predicted molar refractivity (Wildman–Crippen MR) is 68.6 cm³/mol. The summed E-state index contributed by atoms with van der Waals surface area (Å²) in [5.41, 5.74) is -0.630. The maximum Gasteiger partial charge on any atom is 0.418 e. The van der Waals surface area contributed by atoms with Gasteiger partial charge >= 0.3 is 6.18 Å². The van der Waals surface area contributed by atoms with Gasteiger partial charge in [0.15, 0.2) is 0 Å². The molecule has 2 aromatic rings. The number of rotatable bonds is 3. The van der Waals surface area contributed by atoms with Crippen molar-refractivity contribution in [1.82, 2.24) is 4.98 Å². The summed E-state index contributed by atoms with van der Waals surface area (Å²) in [4.78, 5) is 4.01. The molecule has 0 fully saturated rings. The molecule has 0 atom stereocenters. The monoisotopic (exact) mass is 336 g/mol. The summed E-state index contributed by atoms with van der Waals surface area (Å²) in [5, 5.41) is 5.28. The van der Waals surface area contributed by atoms with Crippen molar-refractivity contribution in [2.75, 3.05) is 5.32 Å². The number of anilines is 1. The normalized spacial score (nSPS) is 11.6. The fourth-order valence-corrected chi connectivity index (χ4v) is 2.33. The minimum Gasteiger partial charge on any atom is -0.378 e. The van der Waals surface area contributed by atoms with Crippen LogP contribution < -0.4 is 5.32 Å². The van der Waals surface area contributed by atoms with E-state index in [4.69, 9.17) is 0 Å². The quantitative estimate of drug-likeness (QED) is 0.890. The SMILES string of the molecule is FC(F)(F)c1cc(Br)ccc1NCc1nccs1. The second kappa shape index (κ2) is 5.27. The van der Waals surface area contributed by atoms with Crippen molar-refractivity contribution in [3.05, 3.63) is 44.8 Å². The molecule has 0 amide bonds. The highest BCUT2D eigenvalue weighted by Crippen LogP contribution is 2.36. The third-order valence-corrected chi connectivity index (χ3v) is 3.47. The fraction of sp³-hybridized carbons (Fsp3) is 0.182. The van der Waals surface area contributed by atoms with Crippen LogP contribution in [0.4, 0.5) is 18.9 Å². The lowest BCUT2D eigenvalue weighted by Crippen LogP contribution is -2.10. The third-order valence-electron chi connectivity index (χ3n) is 2.20. The van der Waals surface area contributed by atoms with Gasteiger partial charge in [-0.25, -0.2) is 4.98 Å². The second-order valence-corrected chi connectivity index (χ2v) is 5.36. The Morgan fingerprint density at radius 1 is 1.33 bits per heavy atom. The zero-order valence-corrected chi connectivity index (χ0v) is 11.4. The molecule has 0 saturated heterocycles. The Bertz CT molecular complexity index is 526. The van der Waals surface area contributed by atoms with E-state index in [2.05, 4.69) is 26.2 Å². The van der Waals surface area contributed by atoms with E-state index < -0.39 is 11.7 Å². The van der Waals surface area contributed by atoms with Crippen LogP contribution in [0.25, 0.3) is 0 Å². The summed E-state index contributed by atoms with van der Waals surface area (Å²) in [6.45, 7) is 0.280. The number of alkyl halides is 3. The van der Waals surface area contributed by atoms with Crippen LogP contribution in [0, 0.1) is 0 Å². The predicted octanol–water partition coefficient (Wildman–Crippen LogP) is 4.54. The summed E-state index contributed by atoms with van der Waals surface area (Å²) in [5.74, 6) is 0. The summed E-state index contributed by atoms with van der Waals surface area (Å²) in [7, 11) is 0. The fourth-order valence-electron chi connectivity index (χ4n) is 1.42. The van der Waals surface area contributed by atoms with Crippen molar-refractivity contribution in [2.45, 2.75) is 12.7 Å². The van der Waals surface area contributed by atoms with Crippen LogP contribution in [0.5, 0.6) is 0 Å². The van der Waals surface area contributed by atoms with Crippen molar-refractivity contribution in [3.63, 3.8) is 0 Å². The van der Waals surface area contributed by atoms with Gasteiger partial charge in [0, 0.05) is 21.7 Å². The Balaban J connectivity index is 2.22. The first-order valence-electron chi connectivity index (χ1n) is 4.96. The van der Waals surface area contributed by atoms with Crippen LogP contribution in [0.15, 0.2) is 34.2 Å². The molecule has 0 radical (unpaired) electrons. The summed E-state index contributed by atoms with van der Waals surface area (Å²) in [6.07, 6.45) is -2.76. The molecule has 1 heterocycles. The molecule has 0 unspecified atom stereocenters. The van der Waals surface area contributed by atoms with Crippen LogP contribution in [-0.2, 0) is 12.7 Å². The number of hydrogen-bond acceptors (Lipinski definition) is 3. The lowest BCUT2D eigenvalue weighted by molar-refractivity contribution is -0.137. The summed E-state index contributed by atoms with van der Waals surface area (Å²) >= 11 is 4.44. The van der Waals surface area contributed by atoms with Gasteiger partial charge in [0.1, 0.15) is 5.01 Å². The van der Waals surface area contributed by atoms with E-state index in [0.29, 0.717) is 4.47 Å². The van der Waals surface area contributed by atoms with Gasteiger partial charge in [0.05, 0.1) is 12.1 Å². The topological polar surface area (TPSA) is 24.9 Å². The molecule has 18 heavy (non-hydrogen) atoms. The molecule has 2 nitrogen and oxygen atoms in total. The molecule has 0 bridgehead atoms. The van der Waals surface area contributed by atoms with Gasteiger partial charge in [0.2, 0.25) is 0 Å². The summed E-state index contributed by atoms with van der Waals surface area (Å²) < 4.78 is 38.9. The maximum absolute atomic E-state index is 12.8. The molecule has 96 valence electrons. The molecule has 0 spiro atoms. The van der Waals surface area contributed by atoms with E-state index in [9.17, 15) is 13.2 Å². The zero-order valence-electron chi connectivity index (χ0n) is 8.96.